The van der Waals surface area contributed by atoms with Crippen LogP contribution in [0.1, 0.15) is 27.9 Å². The predicted molar refractivity (Wildman–Crippen MR) is 41.4 cm³/mol. The Morgan fingerprint density at radius 1 is 1.31 bits per heavy atom. The average molecular weight is 178 g/mol. The Bertz CT molecular complexity index is 418. The molecular formula is C7H6N4O2. The van der Waals surface area contributed by atoms with Crippen molar-refractivity contribution in [2.75, 3.05) is 0 Å². The van der Waals surface area contributed by atoms with Crippen molar-refractivity contribution in [3.05, 3.63) is 17.7 Å². The summed E-state index contributed by atoms with van der Waals surface area (Å²) in [6.45, 7) is 2.43. The molecule has 0 fully saturated rings. The fraction of sp³-hybridized carbons (Fsp3) is 0.286. The minimum Gasteiger partial charge on any atom is -0.326 e. The van der Waals surface area contributed by atoms with Gasteiger partial charge in [0.2, 0.25) is 0 Å². The van der Waals surface area contributed by atoms with E-state index in [1.54, 1.807) is 4.57 Å². The lowest BCUT2D eigenvalue weighted by Gasteiger charge is -2.03. The van der Waals surface area contributed by atoms with Crippen LogP contribution in [-0.2, 0) is 6.54 Å². The summed E-state index contributed by atoms with van der Waals surface area (Å²) in [4.78, 5) is 26.1. The molecule has 2 amide bonds. The third-order valence-electron chi connectivity index (χ3n) is 1.82. The molecule has 1 aromatic heterocycles. The van der Waals surface area contributed by atoms with E-state index >= 15 is 0 Å². The van der Waals surface area contributed by atoms with Gasteiger partial charge in [-0.3, -0.25) is 9.59 Å². The van der Waals surface area contributed by atoms with Crippen molar-refractivity contribution < 1.29 is 9.59 Å². The summed E-state index contributed by atoms with van der Waals surface area (Å²) in [5.74, 6) is -1.06. The summed E-state index contributed by atoms with van der Waals surface area (Å²) >= 11 is 0. The second kappa shape index (κ2) is 2.58. The molecule has 66 valence electrons. The molecule has 0 saturated carbocycles. The van der Waals surface area contributed by atoms with Gasteiger partial charge in [-0.05, 0) is 6.92 Å². The Kier molecular flexibility index (Phi) is 1.54. The van der Waals surface area contributed by atoms with Crippen LogP contribution < -0.4 is 0 Å². The minimum absolute atomic E-state index is 0.0989. The number of hydrogen-bond acceptors (Lipinski definition) is 3. The van der Waals surface area contributed by atoms with E-state index in [1.807, 2.05) is 6.92 Å². The molecular weight excluding hydrogens is 172 g/mol. The second-order valence-electron chi connectivity index (χ2n) is 2.54. The SMILES string of the molecule is CCn1cnc2c1C(=O)N=NC2=O. The maximum Gasteiger partial charge on any atom is 0.316 e. The van der Waals surface area contributed by atoms with Gasteiger partial charge in [-0.2, -0.15) is 0 Å². The molecule has 0 spiro atoms. The molecule has 1 aromatic rings. The number of amides is 2. The van der Waals surface area contributed by atoms with E-state index in [0.717, 1.165) is 0 Å². The smallest absolute Gasteiger partial charge is 0.316 e. The Balaban J connectivity index is 2.65. The number of nitrogens with zero attached hydrogens (tertiary/aromatic N) is 4. The molecule has 0 atom stereocenters. The third kappa shape index (κ3) is 0.986. The zero-order chi connectivity index (χ0) is 9.42. The molecule has 1 aliphatic heterocycles. The van der Waals surface area contributed by atoms with Gasteiger partial charge in [0.25, 0.3) is 0 Å². The summed E-state index contributed by atoms with van der Waals surface area (Å²) in [6, 6.07) is 0. The Morgan fingerprint density at radius 2 is 2.00 bits per heavy atom. The van der Waals surface area contributed by atoms with Crippen molar-refractivity contribution in [3.63, 3.8) is 0 Å². The normalized spacial score (nSPS) is 14.8. The number of fused-ring (bicyclic) bond motifs is 1. The van der Waals surface area contributed by atoms with Gasteiger partial charge in [-0.25, -0.2) is 4.98 Å². The number of imidazole rings is 1. The van der Waals surface area contributed by atoms with E-state index in [1.165, 1.54) is 6.33 Å². The number of hydrogen-bond donors (Lipinski definition) is 0. The van der Waals surface area contributed by atoms with E-state index in [4.69, 9.17) is 0 Å². The zero-order valence-corrected chi connectivity index (χ0v) is 6.89. The van der Waals surface area contributed by atoms with Crippen LogP contribution in [0.5, 0.6) is 0 Å². The van der Waals surface area contributed by atoms with Crippen LogP contribution in [0.3, 0.4) is 0 Å². The van der Waals surface area contributed by atoms with Crippen molar-refractivity contribution in [2.24, 2.45) is 10.2 Å². The van der Waals surface area contributed by atoms with Crippen molar-refractivity contribution >= 4 is 11.8 Å². The average Bonchev–Trinajstić information content (AvgIpc) is 2.56. The van der Waals surface area contributed by atoms with E-state index in [0.29, 0.717) is 6.54 Å². The van der Waals surface area contributed by atoms with Crippen LogP contribution in [0, 0.1) is 0 Å². The highest BCUT2D eigenvalue weighted by molar-refractivity contribution is 6.08. The molecule has 6 heteroatoms. The lowest BCUT2D eigenvalue weighted by atomic mass is 10.2. The first-order valence-electron chi connectivity index (χ1n) is 3.79. The summed E-state index contributed by atoms with van der Waals surface area (Å²) in [5.41, 5.74) is 0.337. The topological polar surface area (TPSA) is 76.7 Å². The molecule has 2 heterocycles. The molecule has 0 aliphatic carbocycles. The van der Waals surface area contributed by atoms with Gasteiger partial charge in [-0.15, -0.1) is 10.2 Å². The Morgan fingerprint density at radius 3 is 2.69 bits per heavy atom. The minimum atomic E-state index is -0.554. The number of aromatic nitrogens is 2. The van der Waals surface area contributed by atoms with Gasteiger partial charge in [0.05, 0.1) is 6.33 Å². The first-order valence-corrected chi connectivity index (χ1v) is 3.79. The Hall–Kier alpha value is -1.85. The van der Waals surface area contributed by atoms with E-state index < -0.39 is 11.8 Å². The molecule has 0 radical (unpaired) electrons. The summed E-state index contributed by atoms with van der Waals surface area (Å²) in [6.07, 6.45) is 1.44. The van der Waals surface area contributed by atoms with Crippen molar-refractivity contribution in [1.82, 2.24) is 9.55 Å². The van der Waals surface area contributed by atoms with Crippen molar-refractivity contribution in [2.45, 2.75) is 13.5 Å². The monoisotopic (exact) mass is 178 g/mol. The maximum atomic E-state index is 11.2. The van der Waals surface area contributed by atoms with Gasteiger partial charge >= 0.3 is 11.8 Å². The maximum absolute atomic E-state index is 11.2. The van der Waals surface area contributed by atoms with Crippen LogP contribution in [-0.4, -0.2) is 21.4 Å². The van der Waals surface area contributed by atoms with E-state index in [2.05, 4.69) is 15.2 Å². The third-order valence-corrected chi connectivity index (χ3v) is 1.82. The van der Waals surface area contributed by atoms with E-state index in [9.17, 15) is 9.59 Å². The Labute approximate surface area is 73.3 Å². The van der Waals surface area contributed by atoms with E-state index in [-0.39, 0.29) is 11.4 Å². The molecule has 2 rings (SSSR count). The molecule has 6 nitrogen and oxygen atoms in total. The molecule has 0 saturated heterocycles. The fourth-order valence-corrected chi connectivity index (χ4v) is 1.19. The molecule has 0 aromatic carbocycles. The largest absolute Gasteiger partial charge is 0.326 e. The zero-order valence-electron chi connectivity index (χ0n) is 6.89. The fourth-order valence-electron chi connectivity index (χ4n) is 1.19. The van der Waals surface area contributed by atoms with Gasteiger partial charge in [-0.1, -0.05) is 0 Å². The van der Waals surface area contributed by atoms with Crippen molar-refractivity contribution in [1.29, 1.82) is 0 Å². The van der Waals surface area contributed by atoms with Gasteiger partial charge in [0.1, 0.15) is 5.69 Å². The summed E-state index contributed by atoms with van der Waals surface area (Å²) < 4.78 is 1.58. The highest BCUT2D eigenvalue weighted by Gasteiger charge is 2.27. The van der Waals surface area contributed by atoms with Crippen LogP contribution in [0.4, 0.5) is 0 Å². The molecule has 0 bridgehead atoms. The van der Waals surface area contributed by atoms with Crippen LogP contribution >= 0.6 is 0 Å². The number of azo groups is 1. The van der Waals surface area contributed by atoms with Crippen molar-refractivity contribution in [3.8, 4) is 0 Å². The highest BCUT2D eigenvalue weighted by atomic mass is 16.2. The second-order valence-corrected chi connectivity index (χ2v) is 2.54. The lowest BCUT2D eigenvalue weighted by molar-refractivity contribution is 0.0912. The van der Waals surface area contributed by atoms with Gasteiger partial charge in [0, 0.05) is 6.54 Å². The first-order chi connectivity index (χ1) is 6.24. The number of aryl methyl sites for hydroxylation is 1. The molecule has 13 heavy (non-hydrogen) atoms. The predicted octanol–water partition coefficient (Wildman–Crippen LogP) is 0.649. The molecule has 0 unspecified atom stereocenters. The van der Waals surface area contributed by atoms with Crippen LogP contribution in [0.2, 0.25) is 0 Å². The quantitative estimate of drug-likeness (QED) is 0.633. The van der Waals surface area contributed by atoms with Crippen LogP contribution in [0.15, 0.2) is 16.6 Å². The molecule has 0 N–H and O–H groups in total. The standard InChI is InChI=1S/C7H6N4O2/c1-2-11-3-8-4-5(11)7(13)10-9-6(4)12/h3H,2H2,1H3. The van der Waals surface area contributed by atoms with Crippen LogP contribution in [0.25, 0.3) is 0 Å². The summed E-state index contributed by atoms with van der Waals surface area (Å²) in [5, 5.41) is 6.37. The molecule has 1 aliphatic rings. The van der Waals surface area contributed by atoms with Gasteiger partial charge in [0.15, 0.2) is 5.69 Å². The number of carbonyl (C=O) groups excluding carboxylic acids is 2. The number of rotatable bonds is 1. The highest BCUT2D eigenvalue weighted by Crippen LogP contribution is 2.15. The number of carbonyl (C=O) groups is 2. The van der Waals surface area contributed by atoms with Gasteiger partial charge < -0.3 is 4.57 Å². The summed E-state index contributed by atoms with van der Waals surface area (Å²) in [7, 11) is 0. The lowest BCUT2D eigenvalue weighted by Crippen LogP contribution is -2.14. The first kappa shape index (κ1) is 7.78.